The van der Waals surface area contributed by atoms with Crippen LogP contribution in [0.2, 0.25) is 0 Å². The molecule has 5 rings (SSSR count). The smallest absolute Gasteiger partial charge is 0.329 e. The fourth-order valence-corrected chi connectivity index (χ4v) is 13.3. The van der Waals surface area contributed by atoms with Crippen LogP contribution in [0.15, 0.2) is 59.8 Å². The van der Waals surface area contributed by atoms with Crippen molar-refractivity contribution in [2.24, 2.45) is 35.5 Å². The van der Waals surface area contributed by atoms with Gasteiger partial charge in [0.25, 0.3) is 11.7 Å². The van der Waals surface area contributed by atoms with E-state index in [2.05, 4.69) is 40.3 Å². The summed E-state index contributed by atoms with van der Waals surface area (Å²) in [6, 6.07) is -1.67. The molecule has 4 heterocycles. The molecule has 1 aliphatic carbocycles. The molecule has 0 spiro atoms. The first-order valence-electron chi connectivity index (χ1n) is 25.9. The number of allylic oxidation sites excluding steroid dienone is 6. The van der Waals surface area contributed by atoms with Crippen molar-refractivity contribution in [2.45, 2.75) is 193 Å². The van der Waals surface area contributed by atoms with Gasteiger partial charge in [-0.15, -0.1) is 0 Å². The first kappa shape index (κ1) is 56.9. The van der Waals surface area contributed by atoms with Gasteiger partial charge < -0.3 is 39.2 Å². The number of sulfonamides is 1. The molecule has 390 valence electrons. The molecule has 0 aromatic rings. The summed E-state index contributed by atoms with van der Waals surface area (Å²) in [4.78, 5) is 44.6. The van der Waals surface area contributed by atoms with Gasteiger partial charge in [-0.3, -0.25) is 9.59 Å². The van der Waals surface area contributed by atoms with Crippen LogP contribution in [-0.2, 0) is 43.4 Å². The summed E-state index contributed by atoms with van der Waals surface area (Å²) in [6.07, 6.45) is 15.7. The molecule has 15 atom stereocenters. The Hall–Kier alpha value is -3.02. The predicted molar refractivity (Wildman–Crippen MR) is 267 cm³/mol. The zero-order chi connectivity index (χ0) is 50.8. The normalized spacial score (nSPS) is 40.9. The van der Waals surface area contributed by atoms with Crippen molar-refractivity contribution in [2.75, 3.05) is 33.1 Å². The number of aliphatic hydroxyl groups excluding tert-OH is 2. The van der Waals surface area contributed by atoms with Gasteiger partial charge in [-0.25, -0.2) is 13.2 Å². The molecule has 15 heteroatoms. The van der Waals surface area contributed by atoms with Crippen molar-refractivity contribution in [1.82, 2.24) is 9.21 Å². The zero-order valence-electron chi connectivity index (χ0n) is 43.1. The minimum Gasteiger partial charge on any atom is -0.461 e. The van der Waals surface area contributed by atoms with Crippen LogP contribution in [0, 0.1) is 35.5 Å². The number of fused-ring (bicyclic) bond motifs is 3. The number of carbonyl (C=O) groups excluding carboxylic acids is 3. The number of ketones is 1. The van der Waals surface area contributed by atoms with E-state index in [1.807, 2.05) is 44.2 Å². The quantitative estimate of drug-likeness (QED) is 0.136. The van der Waals surface area contributed by atoms with Gasteiger partial charge in [-0.1, -0.05) is 83.2 Å². The van der Waals surface area contributed by atoms with Gasteiger partial charge in [-0.05, 0) is 144 Å². The minimum absolute atomic E-state index is 0.0192. The largest absolute Gasteiger partial charge is 0.461 e. The number of ether oxygens (including phenoxy) is 4. The number of methoxy groups -OCH3 is 2. The molecule has 3 saturated heterocycles. The third kappa shape index (κ3) is 14.6. The van der Waals surface area contributed by atoms with Crippen molar-refractivity contribution in [1.29, 1.82) is 0 Å². The Labute approximate surface area is 413 Å². The van der Waals surface area contributed by atoms with E-state index in [1.165, 1.54) is 9.21 Å². The van der Waals surface area contributed by atoms with Gasteiger partial charge in [0, 0.05) is 39.3 Å². The monoisotopic (exact) mass is 987 g/mol. The van der Waals surface area contributed by atoms with E-state index in [4.69, 9.17) is 18.9 Å². The maximum absolute atomic E-state index is 14.5. The van der Waals surface area contributed by atoms with Crippen LogP contribution < -0.4 is 0 Å². The van der Waals surface area contributed by atoms with E-state index in [0.717, 1.165) is 36.0 Å². The van der Waals surface area contributed by atoms with Crippen LogP contribution in [-0.4, -0.2) is 138 Å². The highest BCUT2D eigenvalue weighted by atomic mass is 32.2. The summed E-state index contributed by atoms with van der Waals surface area (Å²) >= 11 is 0. The van der Waals surface area contributed by atoms with Gasteiger partial charge in [0.1, 0.15) is 24.4 Å². The van der Waals surface area contributed by atoms with Gasteiger partial charge >= 0.3 is 5.97 Å². The van der Waals surface area contributed by atoms with Gasteiger partial charge in [0.2, 0.25) is 15.8 Å². The lowest BCUT2D eigenvalue weighted by molar-refractivity contribution is -0.264. The topological polar surface area (TPSA) is 189 Å². The number of hydrogen-bond acceptors (Lipinski definition) is 12. The van der Waals surface area contributed by atoms with Gasteiger partial charge in [0.05, 0.1) is 24.1 Å². The summed E-state index contributed by atoms with van der Waals surface area (Å²) < 4.78 is 52.5. The van der Waals surface area contributed by atoms with E-state index in [9.17, 15) is 38.1 Å². The highest BCUT2D eigenvalue weighted by Crippen LogP contribution is 2.39. The van der Waals surface area contributed by atoms with E-state index in [1.54, 1.807) is 21.1 Å². The average molecular weight is 987 g/mol. The number of cyclic esters (lactones) is 1. The third-order valence-electron chi connectivity index (χ3n) is 16.0. The van der Waals surface area contributed by atoms with Gasteiger partial charge in [0.15, 0.2) is 0 Å². The maximum Gasteiger partial charge on any atom is 0.329 e. The van der Waals surface area contributed by atoms with Crippen LogP contribution in [0.5, 0.6) is 0 Å². The number of hydrogen-bond donors (Lipinski definition) is 3. The summed E-state index contributed by atoms with van der Waals surface area (Å²) in [5.41, 5.74) is 2.31. The second-order valence-electron chi connectivity index (χ2n) is 21.4. The highest BCUT2D eigenvalue weighted by Gasteiger charge is 2.53. The van der Waals surface area contributed by atoms with Crippen molar-refractivity contribution >= 4 is 27.7 Å². The number of nitrogens with zero attached hydrogens (tertiary/aromatic N) is 2. The van der Waals surface area contributed by atoms with E-state index < -0.39 is 82.0 Å². The second-order valence-corrected chi connectivity index (χ2v) is 23.5. The lowest BCUT2D eigenvalue weighted by atomic mass is 9.78. The molecule has 14 nitrogen and oxygen atoms in total. The van der Waals surface area contributed by atoms with Crippen LogP contribution in [0.3, 0.4) is 0 Å². The van der Waals surface area contributed by atoms with E-state index in [-0.39, 0.29) is 60.8 Å². The molecular formula is C54H86N2O12S. The van der Waals surface area contributed by atoms with Crippen molar-refractivity contribution in [3.63, 3.8) is 0 Å². The number of aliphatic hydroxyl groups is 3. The molecule has 0 aromatic heterocycles. The van der Waals surface area contributed by atoms with Crippen LogP contribution in [0.25, 0.3) is 0 Å². The Kier molecular flexibility index (Phi) is 21.1. The molecule has 1 saturated carbocycles. The van der Waals surface area contributed by atoms with Crippen molar-refractivity contribution in [3.05, 3.63) is 59.8 Å². The fraction of sp³-hybridized carbons (Fsp3) is 0.759. The van der Waals surface area contributed by atoms with Crippen LogP contribution >= 0.6 is 0 Å². The number of rotatable bonds is 6. The molecule has 4 fully saturated rings. The molecule has 1 amide bonds. The molecule has 0 radical (unpaired) electrons. The maximum atomic E-state index is 14.5. The Morgan fingerprint density at radius 2 is 1.58 bits per heavy atom. The SMILES string of the molecule is C=C1[C@H](C)C[C@H](C)/C=C/C=C/C=C(\C)[C@@H](N2CCCS2(=O)=O)C[C@@H]2CC[C@@H](C)[C@@](O)(O2)C(=O)C(=O)N2CCCC[C@H]2C(=O)O[C@H]([C@H](C)C[C@@H]2CC[C@@H](O)[C@H](OC)C2)CC[C@H](C)/C=C(\C)[C@@H](O)[C@H]1OC. The lowest BCUT2D eigenvalue weighted by Gasteiger charge is -2.43. The number of amides is 1. The van der Waals surface area contributed by atoms with Crippen molar-refractivity contribution in [3.8, 4) is 0 Å². The van der Waals surface area contributed by atoms with E-state index in [0.29, 0.717) is 64.3 Å². The summed E-state index contributed by atoms with van der Waals surface area (Å²) in [5, 5.41) is 34.4. The predicted octanol–water partition coefficient (Wildman–Crippen LogP) is 7.38. The molecule has 4 aliphatic heterocycles. The summed E-state index contributed by atoms with van der Waals surface area (Å²) in [6.45, 7) is 18.6. The first-order chi connectivity index (χ1) is 32.6. The van der Waals surface area contributed by atoms with Crippen LogP contribution in [0.4, 0.5) is 0 Å². The van der Waals surface area contributed by atoms with E-state index >= 15 is 0 Å². The Bertz CT molecular complexity index is 2000. The first-order valence-corrected chi connectivity index (χ1v) is 27.5. The number of carbonyl (C=O) groups is 3. The Morgan fingerprint density at radius 3 is 2.26 bits per heavy atom. The molecule has 5 aliphatic rings. The molecule has 0 aromatic carbocycles. The number of esters is 1. The highest BCUT2D eigenvalue weighted by molar-refractivity contribution is 7.89. The minimum atomic E-state index is -3.58. The Morgan fingerprint density at radius 1 is 0.841 bits per heavy atom. The molecule has 3 N–H and O–H groups in total. The third-order valence-corrected chi connectivity index (χ3v) is 17.9. The zero-order valence-corrected chi connectivity index (χ0v) is 43.9. The average Bonchev–Trinajstić information content (AvgIpc) is 3.67. The molecular weight excluding hydrogens is 901 g/mol. The summed E-state index contributed by atoms with van der Waals surface area (Å²) in [7, 11) is -0.383. The van der Waals surface area contributed by atoms with Crippen molar-refractivity contribution < 1.29 is 57.1 Å². The van der Waals surface area contributed by atoms with Gasteiger partial charge in [-0.2, -0.15) is 4.31 Å². The molecule has 2 bridgehead atoms. The second kappa shape index (κ2) is 25.6. The molecule has 0 unspecified atom stereocenters. The fourth-order valence-electron chi connectivity index (χ4n) is 11.5. The number of piperidine rings is 1. The summed E-state index contributed by atoms with van der Waals surface area (Å²) in [5.74, 6) is -5.68. The number of Topliss-reactive ketones (excluding diaryl/α,β-unsaturated/α-hetero) is 1. The standard InChI is InChI=1S/C54H86N2O12S/c1-34-17-12-11-13-18-36(3)45(56-27-16-28-69(56,63)64)33-43-23-21-40(7)54(62,68-43)51(59)52(60)55-26-15-14-19-44(55)53(61)67-47(38(5)31-42-22-24-46(57)48(32-42)65-9)25-20-35(2)30-39(6)49(58)50(66-10)41(8)37(4)29-34/h11-13,17-18,30,34-35,37-38,40,42-50,57-58,62H,8,14-16,19-29,31-33H2,1-7,9-10H3/b13-11+,17-12+,36-18+,39-30+/t34-,35+,37-,38-,40-,42+,43+,44+,45+,46-,47+,48-,49-,50+,54-/m1/s1. The lowest BCUT2D eigenvalue weighted by Crippen LogP contribution is -2.61. The Balaban J connectivity index is 1.48. The van der Waals surface area contributed by atoms with Crippen LogP contribution in [0.1, 0.15) is 138 Å². The molecule has 69 heavy (non-hydrogen) atoms.